The summed E-state index contributed by atoms with van der Waals surface area (Å²) in [5.74, 6) is -1.74. The van der Waals surface area contributed by atoms with Crippen molar-refractivity contribution in [2.75, 3.05) is 13.1 Å². The summed E-state index contributed by atoms with van der Waals surface area (Å²) in [5, 5.41) is 11.6. The van der Waals surface area contributed by atoms with Gasteiger partial charge in [0.15, 0.2) is 0 Å². The van der Waals surface area contributed by atoms with Gasteiger partial charge in [-0.3, -0.25) is 14.9 Å². The highest BCUT2D eigenvalue weighted by Crippen LogP contribution is 2.30. The second-order valence-electron chi connectivity index (χ2n) is 6.54. The fourth-order valence-electron chi connectivity index (χ4n) is 3.42. The van der Waals surface area contributed by atoms with E-state index >= 15 is 0 Å². The zero-order chi connectivity index (χ0) is 19.8. The maximum absolute atomic E-state index is 14.1. The first-order valence-corrected chi connectivity index (χ1v) is 8.63. The fourth-order valence-corrected chi connectivity index (χ4v) is 3.42. The third-order valence-corrected chi connectivity index (χ3v) is 4.88. The van der Waals surface area contributed by atoms with Crippen molar-refractivity contribution < 1.29 is 18.5 Å². The molecule has 1 N–H and O–H groups in total. The highest BCUT2D eigenvalue weighted by molar-refractivity contribution is 5.96. The van der Waals surface area contributed by atoms with Gasteiger partial charge in [0.1, 0.15) is 11.6 Å². The lowest BCUT2D eigenvalue weighted by Crippen LogP contribution is -2.35. The summed E-state index contributed by atoms with van der Waals surface area (Å²) in [4.78, 5) is 27.1. The van der Waals surface area contributed by atoms with Crippen molar-refractivity contribution >= 4 is 28.1 Å². The van der Waals surface area contributed by atoms with Crippen LogP contribution in [0, 0.1) is 21.7 Å². The van der Waals surface area contributed by atoms with E-state index in [1.165, 1.54) is 17.0 Å². The van der Waals surface area contributed by atoms with E-state index in [0.29, 0.717) is 25.0 Å². The molecule has 3 aromatic rings. The fraction of sp³-hybridized carbons (Fsp3) is 0.150. The van der Waals surface area contributed by atoms with Crippen molar-refractivity contribution in [3.63, 3.8) is 0 Å². The smallest absolute Gasteiger partial charge is 0.272 e. The zero-order valence-electron chi connectivity index (χ0n) is 14.6. The van der Waals surface area contributed by atoms with Crippen LogP contribution in [0.5, 0.6) is 0 Å². The average Bonchev–Trinajstić information content (AvgIpc) is 3.10. The Hall–Kier alpha value is -3.55. The number of nitrogens with one attached hydrogen (secondary N) is 1. The maximum Gasteiger partial charge on any atom is 0.272 e. The molecular formula is C20H15F2N3O3. The Balaban J connectivity index is 1.55. The van der Waals surface area contributed by atoms with Crippen molar-refractivity contribution in [1.82, 2.24) is 9.88 Å². The molecule has 2 aromatic carbocycles. The minimum atomic E-state index is -0.910. The SMILES string of the molecule is O=C(c1ccc([N+](=O)[O-])cc1F)N1CC=C(c2c[nH]c3cc(F)ccc23)CC1. The first kappa shape index (κ1) is 17.8. The minimum absolute atomic E-state index is 0.190. The Kier molecular flexibility index (Phi) is 4.38. The molecule has 0 atom stereocenters. The number of aromatic nitrogens is 1. The van der Waals surface area contributed by atoms with Crippen molar-refractivity contribution in [3.05, 3.63) is 81.5 Å². The molecule has 142 valence electrons. The monoisotopic (exact) mass is 383 g/mol. The van der Waals surface area contributed by atoms with E-state index in [1.807, 2.05) is 12.3 Å². The van der Waals surface area contributed by atoms with Gasteiger partial charge in [-0.15, -0.1) is 0 Å². The predicted molar refractivity (Wildman–Crippen MR) is 99.8 cm³/mol. The molecule has 1 aliphatic rings. The third-order valence-electron chi connectivity index (χ3n) is 4.88. The lowest BCUT2D eigenvalue weighted by molar-refractivity contribution is -0.385. The molecule has 0 bridgehead atoms. The average molecular weight is 383 g/mol. The van der Waals surface area contributed by atoms with Gasteiger partial charge in [-0.2, -0.15) is 0 Å². The van der Waals surface area contributed by atoms with E-state index < -0.39 is 22.3 Å². The van der Waals surface area contributed by atoms with Crippen molar-refractivity contribution in [1.29, 1.82) is 0 Å². The summed E-state index contributed by atoms with van der Waals surface area (Å²) >= 11 is 0. The number of benzene rings is 2. The Labute approximate surface area is 158 Å². The Morgan fingerprint density at radius 3 is 2.68 bits per heavy atom. The second-order valence-corrected chi connectivity index (χ2v) is 6.54. The molecule has 1 amide bonds. The molecule has 1 aliphatic heterocycles. The van der Waals surface area contributed by atoms with E-state index in [9.17, 15) is 23.7 Å². The van der Waals surface area contributed by atoms with Gasteiger partial charge in [0.2, 0.25) is 0 Å². The zero-order valence-corrected chi connectivity index (χ0v) is 14.6. The number of fused-ring (bicyclic) bond motifs is 1. The number of H-pyrrole nitrogens is 1. The Morgan fingerprint density at radius 2 is 2.00 bits per heavy atom. The number of nitro groups is 1. The van der Waals surface area contributed by atoms with Crippen LogP contribution >= 0.6 is 0 Å². The largest absolute Gasteiger partial charge is 0.360 e. The summed E-state index contributed by atoms with van der Waals surface area (Å²) in [7, 11) is 0. The minimum Gasteiger partial charge on any atom is -0.360 e. The topological polar surface area (TPSA) is 79.2 Å². The Bertz CT molecular complexity index is 1140. The van der Waals surface area contributed by atoms with Gasteiger partial charge < -0.3 is 9.88 Å². The predicted octanol–water partition coefficient (Wildman–Crippen LogP) is 4.28. The molecule has 6 nitrogen and oxygen atoms in total. The lowest BCUT2D eigenvalue weighted by atomic mass is 9.98. The van der Waals surface area contributed by atoms with Crippen molar-refractivity contribution in [2.24, 2.45) is 0 Å². The van der Waals surface area contributed by atoms with Crippen molar-refractivity contribution in [3.8, 4) is 0 Å². The molecule has 0 unspecified atom stereocenters. The number of nitrogens with zero attached hydrogens (tertiary/aromatic N) is 2. The van der Waals surface area contributed by atoms with E-state index in [0.717, 1.165) is 34.7 Å². The van der Waals surface area contributed by atoms with E-state index in [4.69, 9.17) is 0 Å². The number of nitro benzene ring substituents is 1. The molecule has 28 heavy (non-hydrogen) atoms. The van der Waals surface area contributed by atoms with Crippen LogP contribution < -0.4 is 0 Å². The molecule has 0 spiro atoms. The quantitative estimate of drug-likeness (QED) is 0.541. The molecule has 1 aromatic heterocycles. The summed E-state index contributed by atoms with van der Waals surface area (Å²) in [5.41, 5.74) is 2.08. The van der Waals surface area contributed by atoms with E-state index in [1.54, 1.807) is 6.07 Å². The molecule has 2 heterocycles. The van der Waals surface area contributed by atoms with Crippen LogP contribution in [0.3, 0.4) is 0 Å². The van der Waals surface area contributed by atoms with E-state index in [-0.39, 0.29) is 11.4 Å². The number of aromatic amines is 1. The number of hydrogen-bond donors (Lipinski definition) is 1. The molecule has 0 radical (unpaired) electrons. The standard InChI is InChI=1S/C20H15F2N3O3/c21-13-1-3-15-17(11-23-19(15)9-13)12-5-7-24(8-6-12)20(26)16-4-2-14(25(27)28)10-18(16)22/h1-5,9-11,23H,6-8H2. The van der Waals surface area contributed by atoms with Gasteiger partial charge >= 0.3 is 0 Å². The summed E-state index contributed by atoms with van der Waals surface area (Å²) in [6, 6.07) is 7.55. The Morgan fingerprint density at radius 1 is 1.18 bits per heavy atom. The van der Waals surface area contributed by atoms with Crippen LogP contribution in [0.1, 0.15) is 22.3 Å². The number of carbonyl (C=O) groups is 1. The highest BCUT2D eigenvalue weighted by Gasteiger charge is 2.24. The van der Waals surface area contributed by atoms with Gasteiger partial charge in [-0.05, 0) is 36.3 Å². The molecule has 0 saturated heterocycles. The van der Waals surface area contributed by atoms with E-state index in [2.05, 4.69) is 4.98 Å². The van der Waals surface area contributed by atoms with Crippen LogP contribution in [0.4, 0.5) is 14.5 Å². The summed E-state index contributed by atoms with van der Waals surface area (Å²) in [6.07, 6.45) is 4.25. The van der Waals surface area contributed by atoms with Gasteiger partial charge in [-0.25, -0.2) is 8.78 Å². The van der Waals surface area contributed by atoms with Crippen LogP contribution in [0.2, 0.25) is 0 Å². The van der Waals surface area contributed by atoms with Crippen LogP contribution in [0.15, 0.2) is 48.7 Å². The molecule has 0 saturated carbocycles. The number of non-ortho nitro benzene ring substituents is 1. The summed E-state index contributed by atoms with van der Waals surface area (Å²) < 4.78 is 27.5. The first-order valence-electron chi connectivity index (χ1n) is 8.63. The third kappa shape index (κ3) is 3.13. The molecule has 8 heteroatoms. The van der Waals surface area contributed by atoms with Crippen LogP contribution in [-0.2, 0) is 0 Å². The van der Waals surface area contributed by atoms with Crippen molar-refractivity contribution in [2.45, 2.75) is 6.42 Å². The number of halogens is 2. The summed E-state index contributed by atoms with van der Waals surface area (Å²) in [6.45, 7) is 0.674. The first-order chi connectivity index (χ1) is 13.4. The molecule has 4 rings (SSSR count). The normalized spacial score (nSPS) is 14.2. The molecular weight excluding hydrogens is 368 g/mol. The second kappa shape index (κ2) is 6.88. The molecule has 0 fully saturated rings. The highest BCUT2D eigenvalue weighted by atomic mass is 19.1. The van der Waals surface area contributed by atoms with Gasteiger partial charge in [0.05, 0.1) is 16.6 Å². The van der Waals surface area contributed by atoms with Gasteiger partial charge in [0.25, 0.3) is 11.6 Å². The number of rotatable bonds is 3. The van der Waals surface area contributed by atoms with Crippen LogP contribution in [0.25, 0.3) is 16.5 Å². The number of hydrogen-bond acceptors (Lipinski definition) is 3. The number of amides is 1. The molecule has 0 aliphatic carbocycles. The maximum atomic E-state index is 14.1. The number of carbonyl (C=O) groups excluding carboxylic acids is 1. The lowest BCUT2D eigenvalue weighted by Gasteiger charge is -2.26. The van der Waals surface area contributed by atoms with Gasteiger partial charge in [-0.1, -0.05) is 6.08 Å². The van der Waals surface area contributed by atoms with Gasteiger partial charge in [0, 0.05) is 41.8 Å². The van der Waals surface area contributed by atoms with Crippen LogP contribution in [-0.4, -0.2) is 33.8 Å².